The van der Waals surface area contributed by atoms with Crippen molar-refractivity contribution in [1.82, 2.24) is 0 Å². The highest BCUT2D eigenvalue weighted by molar-refractivity contribution is 6.71. The van der Waals surface area contributed by atoms with Crippen molar-refractivity contribution in [2.45, 2.75) is 136 Å². The van der Waals surface area contributed by atoms with E-state index in [2.05, 4.69) is 34.6 Å². The minimum absolute atomic E-state index is 0.161. The summed E-state index contributed by atoms with van der Waals surface area (Å²) in [5, 5.41) is -0.161. The molecule has 4 heteroatoms. The third kappa shape index (κ3) is 7.94. The van der Waals surface area contributed by atoms with Gasteiger partial charge >= 0.3 is 8.56 Å². The van der Waals surface area contributed by atoms with E-state index in [9.17, 15) is 0 Å². The Morgan fingerprint density at radius 1 is 0.724 bits per heavy atom. The van der Waals surface area contributed by atoms with Crippen LogP contribution in [-0.2, 0) is 13.6 Å². The van der Waals surface area contributed by atoms with Gasteiger partial charge in [0.1, 0.15) is 5.22 Å². The molecule has 1 aliphatic rings. The predicted molar refractivity (Wildman–Crippen MR) is 128 cm³/mol. The van der Waals surface area contributed by atoms with Gasteiger partial charge in [0.05, 0.1) is 0 Å². The second kappa shape index (κ2) is 15.8. The highest BCUT2D eigenvalue weighted by Gasteiger charge is 2.63. The average Bonchev–Trinajstić information content (AvgIpc) is 2.72. The van der Waals surface area contributed by atoms with Gasteiger partial charge in [-0.05, 0) is 52.0 Å². The largest absolute Gasteiger partial charge is 0.393 e. The fourth-order valence-corrected chi connectivity index (χ4v) is 10.3. The van der Waals surface area contributed by atoms with E-state index in [0.29, 0.717) is 5.92 Å². The van der Waals surface area contributed by atoms with Crippen LogP contribution in [-0.4, -0.2) is 33.6 Å². The molecule has 0 saturated carbocycles. The molecule has 0 bridgehead atoms. The maximum Gasteiger partial charge on any atom is 0.371 e. The van der Waals surface area contributed by atoms with E-state index in [1.165, 1.54) is 83.5 Å². The summed E-state index contributed by atoms with van der Waals surface area (Å²) in [6.45, 7) is 13.2. The standard InChI is InChI=1S/C25H52O3Si/c1-6-11-12-13-14-15-16-17-18-19-21-24-22-20-23-29(27-9-4,28-10-5)25(24,7-2)26-8-3/h24H,6-23H2,1-5H3. The van der Waals surface area contributed by atoms with Crippen LogP contribution in [0.15, 0.2) is 0 Å². The molecule has 29 heavy (non-hydrogen) atoms. The second-order valence-electron chi connectivity index (χ2n) is 8.85. The van der Waals surface area contributed by atoms with Crippen molar-refractivity contribution < 1.29 is 13.6 Å². The van der Waals surface area contributed by atoms with Gasteiger partial charge in [0.25, 0.3) is 0 Å². The molecule has 3 nitrogen and oxygen atoms in total. The molecule has 1 heterocycles. The summed E-state index contributed by atoms with van der Waals surface area (Å²) in [5.41, 5.74) is 0. The third-order valence-electron chi connectivity index (χ3n) is 6.95. The topological polar surface area (TPSA) is 27.7 Å². The first-order chi connectivity index (χ1) is 14.2. The molecule has 1 saturated heterocycles. The zero-order chi connectivity index (χ0) is 21.4. The lowest BCUT2D eigenvalue weighted by Crippen LogP contribution is -2.69. The summed E-state index contributed by atoms with van der Waals surface area (Å²) < 4.78 is 19.6. The zero-order valence-corrected chi connectivity index (χ0v) is 21.5. The van der Waals surface area contributed by atoms with Crippen LogP contribution in [0.25, 0.3) is 0 Å². The van der Waals surface area contributed by atoms with Crippen LogP contribution in [0.1, 0.15) is 125 Å². The molecule has 1 fully saturated rings. The molecule has 174 valence electrons. The van der Waals surface area contributed by atoms with Crippen molar-refractivity contribution in [3.63, 3.8) is 0 Å². The SMILES string of the molecule is CCCCCCCCCCCCC1CCC[Si](OCC)(OCC)C1(CC)OCC. The van der Waals surface area contributed by atoms with E-state index >= 15 is 0 Å². The lowest BCUT2D eigenvalue weighted by Gasteiger charge is -2.53. The van der Waals surface area contributed by atoms with Crippen LogP contribution in [0.2, 0.25) is 6.04 Å². The van der Waals surface area contributed by atoms with Crippen LogP contribution in [0.5, 0.6) is 0 Å². The van der Waals surface area contributed by atoms with Crippen molar-refractivity contribution in [1.29, 1.82) is 0 Å². The van der Waals surface area contributed by atoms with Crippen molar-refractivity contribution >= 4 is 8.56 Å². The van der Waals surface area contributed by atoms with Gasteiger partial charge < -0.3 is 13.6 Å². The summed E-state index contributed by atoms with van der Waals surface area (Å²) in [7, 11) is -2.37. The summed E-state index contributed by atoms with van der Waals surface area (Å²) in [4.78, 5) is 0. The van der Waals surface area contributed by atoms with Crippen molar-refractivity contribution in [2.75, 3.05) is 19.8 Å². The Morgan fingerprint density at radius 3 is 1.76 bits per heavy atom. The van der Waals surface area contributed by atoms with E-state index in [-0.39, 0.29) is 5.22 Å². The number of rotatable bonds is 18. The van der Waals surface area contributed by atoms with Crippen molar-refractivity contribution in [2.24, 2.45) is 5.92 Å². The van der Waals surface area contributed by atoms with Crippen LogP contribution < -0.4 is 0 Å². The van der Waals surface area contributed by atoms with Gasteiger partial charge in [0.15, 0.2) is 0 Å². The molecule has 0 amide bonds. The van der Waals surface area contributed by atoms with Gasteiger partial charge in [-0.2, -0.15) is 0 Å². The van der Waals surface area contributed by atoms with Gasteiger partial charge in [-0.25, -0.2) is 0 Å². The number of hydrogen-bond acceptors (Lipinski definition) is 3. The van der Waals surface area contributed by atoms with E-state index in [1.807, 2.05) is 0 Å². The summed E-state index contributed by atoms with van der Waals surface area (Å²) in [6, 6.07) is 1.09. The molecule has 0 spiro atoms. The molecular weight excluding hydrogens is 376 g/mol. The minimum atomic E-state index is -2.37. The van der Waals surface area contributed by atoms with Gasteiger partial charge in [0, 0.05) is 19.8 Å². The van der Waals surface area contributed by atoms with E-state index in [0.717, 1.165) is 32.3 Å². The van der Waals surface area contributed by atoms with E-state index in [1.54, 1.807) is 0 Å². The molecule has 0 aromatic heterocycles. The summed E-state index contributed by atoms with van der Waals surface area (Å²) in [5.74, 6) is 0.597. The number of ether oxygens (including phenoxy) is 1. The quantitative estimate of drug-likeness (QED) is 0.164. The minimum Gasteiger partial charge on any atom is -0.393 e. The Bertz CT molecular complexity index is 379. The molecule has 0 radical (unpaired) electrons. The first-order valence-electron chi connectivity index (χ1n) is 13.1. The Hall–Kier alpha value is 0.0969. The zero-order valence-electron chi connectivity index (χ0n) is 20.5. The first kappa shape index (κ1) is 27.1. The molecule has 0 aromatic rings. The van der Waals surface area contributed by atoms with E-state index < -0.39 is 8.56 Å². The van der Waals surface area contributed by atoms with Gasteiger partial charge in [-0.3, -0.25) is 0 Å². The Balaban J connectivity index is 2.55. The maximum absolute atomic E-state index is 6.61. The highest BCUT2D eigenvalue weighted by atomic mass is 28.4. The fourth-order valence-electron chi connectivity index (χ4n) is 5.63. The number of hydrogen-bond donors (Lipinski definition) is 0. The maximum atomic E-state index is 6.61. The predicted octanol–water partition coefficient (Wildman–Crippen LogP) is 7.95. The summed E-state index contributed by atoms with van der Waals surface area (Å²) >= 11 is 0. The third-order valence-corrected chi connectivity index (χ3v) is 11.7. The molecular formula is C25H52O3Si. The van der Waals surface area contributed by atoms with Crippen molar-refractivity contribution in [3.05, 3.63) is 0 Å². The normalized spacial score (nSPS) is 24.1. The second-order valence-corrected chi connectivity index (χ2v) is 12.3. The molecule has 0 aliphatic carbocycles. The van der Waals surface area contributed by atoms with E-state index in [4.69, 9.17) is 13.6 Å². The highest BCUT2D eigenvalue weighted by Crippen LogP contribution is 2.48. The summed E-state index contributed by atoms with van der Waals surface area (Å²) in [6.07, 6.45) is 18.8. The van der Waals surface area contributed by atoms with Crippen LogP contribution in [0.3, 0.4) is 0 Å². The fraction of sp³-hybridized carbons (Fsp3) is 1.00. The average molecular weight is 429 g/mol. The molecule has 1 aliphatic heterocycles. The van der Waals surface area contributed by atoms with Crippen LogP contribution >= 0.6 is 0 Å². The van der Waals surface area contributed by atoms with Gasteiger partial charge in [-0.1, -0.05) is 84.5 Å². The molecule has 0 aromatic carbocycles. The monoisotopic (exact) mass is 428 g/mol. The Morgan fingerprint density at radius 2 is 1.28 bits per heavy atom. The number of unbranched alkanes of at least 4 members (excludes halogenated alkanes) is 9. The lowest BCUT2D eigenvalue weighted by molar-refractivity contribution is -0.0795. The molecule has 2 atom stereocenters. The lowest BCUT2D eigenvalue weighted by atomic mass is 9.88. The van der Waals surface area contributed by atoms with Crippen molar-refractivity contribution in [3.8, 4) is 0 Å². The van der Waals surface area contributed by atoms with Crippen LogP contribution in [0.4, 0.5) is 0 Å². The molecule has 1 rings (SSSR count). The smallest absolute Gasteiger partial charge is 0.371 e. The Labute approximate surface area is 183 Å². The van der Waals surface area contributed by atoms with Gasteiger partial charge in [-0.15, -0.1) is 0 Å². The molecule has 2 unspecified atom stereocenters. The Kier molecular flexibility index (Phi) is 14.8. The van der Waals surface area contributed by atoms with Crippen LogP contribution in [0, 0.1) is 5.92 Å². The van der Waals surface area contributed by atoms with Gasteiger partial charge in [0.2, 0.25) is 0 Å². The molecule has 0 N–H and O–H groups in total. The first-order valence-corrected chi connectivity index (χ1v) is 15.1.